The molecule has 0 aliphatic carbocycles. The van der Waals surface area contributed by atoms with Crippen LogP contribution in [0.15, 0.2) is 12.1 Å². The maximum atomic E-state index is 13.6. The highest BCUT2D eigenvalue weighted by atomic mass is 19.1. The molecule has 2 rings (SSSR count). The molecule has 0 amide bonds. The van der Waals surface area contributed by atoms with Crippen molar-refractivity contribution in [3.05, 3.63) is 34.9 Å². The molecule has 1 fully saturated rings. The molecular formula is C13H14F2O2. The third kappa shape index (κ3) is 2.22. The number of ether oxygens (including phenoxy) is 1. The Morgan fingerprint density at radius 2 is 2.06 bits per heavy atom. The van der Waals surface area contributed by atoms with Gasteiger partial charge in [-0.2, -0.15) is 0 Å². The first-order chi connectivity index (χ1) is 8.00. The molecule has 0 bridgehead atoms. The minimum Gasteiger partial charge on any atom is -0.378 e. The predicted molar refractivity (Wildman–Crippen MR) is 58.9 cm³/mol. The van der Waals surface area contributed by atoms with Crippen LogP contribution in [0.25, 0.3) is 0 Å². The topological polar surface area (TPSA) is 26.3 Å². The molecule has 4 heteroatoms. The lowest BCUT2D eigenvalue weighted by atomic mass is 9.91. The highest BCUT2D eigenvalue weighted by Gasteiger charge is 2.32. The molecule has 0 saturated carbocycles. The zero-order valence-corrected chi connectivity index (χ0v) is 9.80. The second-order valence-corrected chi connectivity index (χ2v) is 4.42. The third-order valence-corrected chi connectivity index (χ3v) is 3.23. The monoisotopic (exact) mass is 240 g/mol. The van der Waals surface area contributed by atoms with Gasteiger partial charge in [0.15, 0.2) is 5.78 Å². The summed E-state index contributed by atoms with van der Waals surface area (Å²) in [6.45, 7) is 3.74. The first kappa shape index (κ1) is 12.2. The van der Waals surface area contributed by atoms with Gasteiger partial charge in [0.2, 0.25) is 0 Å². The first-order valence-electron chi connectivity index (χ1n) is 5.62. The Labute approximate surface area is 98.6 Å². The average molecular weight is 240 g/mol. The zero-order valence-electron chi connectivity index (χ0n) is 9.80. The van der Waals surface area contributed by atoms with E-state index in [1.165, 1.54) is 6.92 Å². The largest absolute Gasteiger partial charge is 0.378 e. The maximum absolute atomic E-state index is 13.6. The minimum atomic E-state index is -0.659. The summed E-state index contributed by atoms with van der Waals surface area (Å²) in [6, 6.07) is 2.04. The normalized spacial score (nSPS) is 24.0. The van der Waals surface area contributed by atoms with Crippen LogP contribution < -0.4 is 0 Å². The molecule has 0 N–H and O–H groups in total. The summed E-state index contributed by atoms with van der Waals surface area (Å²) in [6.07, 6.45) is 0.334. The van der Waals surface area contributed by atoms with E-state index in [0.717, 1.165) is 12.1 Å². The number of hydrogen-bond acceptors (Lipinski definition) is 2. The molecule has 1 heterocycles. The molecular weight excluding hydrogens is 226 g/mol. The molecule has 0 radical (unpaired) electrons. The van der Waals surface area contributed by atoms with Crippen LogP contribution in [-0.2, 0) is 4.74 Å². The van der Waals surface area contributed by atoms with Crippen LogP contribution in [0.3, 0.4) is 0 Å². The maximum Gasteiger partial charge on any atom is 0.171 e. The summed E-state index contributed by atoms with van der Waals surface area (Å²) in [7, 11) is 0. The molecule has 2 unspecified atom stereocenters. The number of Topliss-reactive ketones (excluding diaryl/α,β-unsaturated/α-hetero) is 1. The van der Waals surface area contributed by atoms with Crippen molar-refractivity contribution in [3.63, 3.8) is 0 Å². The van der Waals surface area contributed by atoms with Gasteiger partial charge in [-0.3, -0.25) is 4.79 Å². The Bertz CT molecular complexity index is 457. The molecule has 0 spiro atoms. The summed E-state index contributed by atoms with van der Waals surface area (Å²) in [4.78, 5) is 12.1. The van der Waals surface area contributed by atoms with Crippen molar-refractivity contribution in [1.82, 2.24) is 0 Å². The van der Waals surface area contributed by atoms with E-state index < -0.39 is 11.6 Å². The van der Waals surface area contributed by atoms with Gasteiger partial charge in [0.25, 0.3) is 0 Å². The van der Waals surface area contributed by atoms with Crippen molar-refractivity contribution in [2.75, 3.05) is 6.61 Å². The Hall–Kier alpha value is -1.29. The Balaban J connectivity index is 2.34. The molecule has 0 aromatic heterocycles. The number of benzene rings is 1. The Morgan fingerprint density at radius 3 is 2.65 bits per heavy atom. The fourth-order valence-corrected chi connectivity index (χ4v) is 2.11. The van der Waals surface area contributed by atoms with Gasteiger partial charge in [-0.05, 0) is 38.0 Å². The second kappa shape index (κ2) is 4.53. The van der Waals surface area contributed by atoms with E-state index in [1.54, 1.807) is 6.92 Å². The molecule has 1 aliphatic heterocycles. The van der Waals surface area contributed by atoms with Gasteiger partial charge in [-0.15, -0.1) is 0 Å². The van der Waals surface area contributed by atoms with E-state index in [2.05, 4.69) is 0 Å². The summed E-state index contributed by atoms with van der Waals surface area (Å²) in [5.41, 5.74) is 0.0326. The van der Waals surface area contributed by atoms with Crippen LogP contribution in [0.1, 0.15) is 29.3 Å². The second-order valence-electron chi connectivity index (χ2n) is 4.42. The summed E-state index contributed by atoms with van der Waals surface area (Å²) in [5.74, 6) is -1.95. The predicted octanol–water partition coefficient (Wildman–Crippen LogP) is 2.88. The van der Waals surface area contributed by atoms with E-state index >= 15 is 0 Å². The lowest BCUT2D eigenvalue weighted by Gasteiger charge is -2.13. The molecule has 1 aromatic carbocycles. The quantitative estimate of drug-likeness (QED) is 0.743. The van der Waals surface area contributed by atoms with E-state index in [9.17, 15) is 13.6 Å². The third-order valence-electron chi connectivity index (χ3n) is 3.23. The molecule has 1 saturated heterocycles. The highest BCUT2D eigenvalue weighted by Crippen LogP contribution is 2.26. The molecule has 1 aliphatic rings. The van der Waals surface area contributed by atoms with Crippen molar-refractivity contribution in [2.24, 2.45) is 5.92 Å². The number of aryl methyl sites for hydroxylation is 1. The molecule has 2 nitrogen and oxygen atoms in total. The van der Waals surface area contributed by atoms with E-state index in [1.807, 2.05) is 0 Å². The highest BCUT2D eigenvalue weighted by molar-refractivity contribution is 5.98. The fraction of sp³-hybridized carbons (Fsp3) is 0.462. The number of carbonyl (C=O) groups excluding carboxylic acids is 1. The van der Waals surface area contributed by atoms with Crippen molar-refractivity contribution >= 4 is 5.78 Å². The van der Waals surface area contributed by atoms with Crippen LogP contribution in [0, 0.1) is 24.5 Å². The Kier molecular flexibility index (Phi) is 3.24. The van der Waals surface area contributed by atoms with E-state index in [4.69, 9.17) is 4.74 Å². The number of carbonyl (C=O) groups is 1. The van der Waals surface area contributed by atoms with E-state index in [0.29, 0.717) is 13.0 Å². The summed E-state index contributed by atoms with van der Waals surface area (Å²) < 4.78 is 32.3. The number of hydrogen-bond donors (Lipinski definition) is 0. The molecule has 1 aromatic rings. The fourth-order valence-electron chi connectivity index (χ4n) is 2.11. The van der Waals surface area contributed by atoms with Crippen LogP contribution in [0.2, 0.25) is 0 Å². The standard InChI is InChI=1S/C13H14F2O2/c1-7-5-12(15)10(6-11(7)14)13(16)9-3-4-17-8(9)2/h5-6,8-9H,3-4H2,1-2H3. The zero-order chi connectivity index (χ0) is 12.6. The first-order valence-corrected chi connectivity index (χ1v) is 5.62. The van der Waals surface area contributed by atoms with Crippen LogP contribution >= 0.6 is 0 Å². The van der Waals surface area contributed by atoms with Gasteiger partial charge < -0.3 is 4.74 Å². The molecule has 17 heavy (non-hydrogen) atoms. The Morgan fingerprint density at radius 1 is 1.35 bits per heavy atom. The van der Waals surface area contributed by atoms with Gasteiger partial charge in [-0.1, -0.05) is 0 Å². The number of rotatable bonds is 2. The lowest BCUT2D eigenvalue weighted by molar-refractivity contribution is 0.0760. The van der Waals surface area contributed by atoms with Crippen molar-refractivity contribution in [1.29, 1.82) is 0 Å². The van der Waals surface area contributed by atoms with Gasteiger partial charge >= 0.3 is 0 Å². The van der Waals surface area contributed by atoms with Crippen molar-refractivity contribution < 1.29 is 18.3 Å². The summed E-state index contributed by atoms with van der Waals surface area (Å²) in [5, 5.41) is 0. The van der Waals surface area contributed by atoms with Crippen LogP contribution in [0.5, 0.6) is 0 Å². The molecule has 92 valence electrons. The minimum absolute atomic E-state index is 0.171. The van der Waals surface area contributed by atoms with Gasteiger partial charge in [0.1, 0.15) is 11.6 Å². The van der Waals surface area contributed by atoms with Gasteiger partial charge in [0.05, 0.1) is 17.6 Å². The summed E-state index contributed by atoms with van der Waals surface area (Å²) >= 11 is 0. The number of ketones is 1. The average Bonchev–Trinajstić information content (AvgIpc) is 2.69. The van der Waals surface area contributed by atoms with Crippen molar-refractivity contribution in [2.45, 2.75) is 26.4 Å². The van der Waals surface area contributed by atoms with Crippen LogP contribution in [0.4, 0.5) is 8.78 Å². The van der Waals surface area contributed by atoms with Gasteiger partial charge in [-0.25, -0.2) is 8.78 Å². The van der Waals surface area contributed by atoms with Crippen molar-refractivity contribution in [3.8, 4) is 0 Å². The SMILES string of the molecule is Cc1cc(F)c(C(=O)C2CCOC2C)cc1F. The van der Waals surface area contributed by atoms with E-state index in [-0.39, 0.29) is 28.9 Å². The smallest absolute Gasteiger partial charge is 0.171 e. The van der Waals surface area contributed by atoms with Crippen LogP contribution in [-0.4, -0.2) is 18.5 Å². The molecule has 2 atom stereocenters. The number of halogens is 2. The lowest BCUT2D eigenvalue weighted by Crippen LogP contribution is -2.22. The van der Waals surface area contributed by atoms with Gasteiger partial charge in [0, 0.05) is 6.61 Å².